The highest BCUT2D eigenvalue weighted by atomic mass is 35.5. The minimum atomic E-state index is -3.68. The molecule has 7 nitrogen and oxygen atoms in total. The summed E-state index contributed by atoms with van der Waals surface area (Å²) in [6.07, 6.45) is 2.43. The second-order valence-corrected chi connectivity index (χ2v) is 9.99. The van der Waals surface area contributed by atoms with E-state index in [1.165, 1.54) is 17.5 Å². The van der Waals surface area contributed by atoms with Crippen LogP contribution >= 0.6 is 12.4 Å². The predicted molar refractivity (Wildman–Crippen MR) is 111 cm³/mol. The summed E-state index contributed by atoms with van der Waals surface area (Å²) < 4.78 is 32.8. The zero-order chi connectivity index (χ0) is 19.8. The number of nitrogens with zero attached hydrogens (tertiary/aromatic N) is 2. The lowest BCUT2D eigenvalue weighted by Gasteiger charge is -2.42. The standard InChI is InChI=1S/C19H29N3O4S.ClH/c1-19(2)13-21(11-8-17(19)20)18(23)14-6-7-15(26-3)16(12-14)27(24,25)22-9-4-5-10-22;/h6-7,12,17H,4-5,8-11,13,20H2,1-3H3;1H. The van der Waals surface area contributed by atoms with Crippen molar-refractivity contribution in [1.29, 1.82) is 0 Å². The highest BCUT2D eigenvalue weighted by Crippen LogP contribution is 2.32. The molecule has 2 aliphatic heterocycles. The van der Waals surface area contributed by atoms with E-state index in [0.717, 1.165) is 19.3 Å². The number of sulfonamides is 1. The number of piperidine rings is 1. The van der Waals surface area contributed by atoms with Crippen molar-refractivity contribution in [3.05, 3.63) is 23.8 Å². The molecule has 158 valence electrons. The van der Waals surface area contributed by atoms with Crippen LogP contribution in [0.1, 0.15) is 43.5 Å². The molecule has 3 rings (SSSR count). The van der Waals surface area contributed by atoms with Crippen molar-refractivity contribution < 1.29 is 17.9 Å². The summed E-state index contributed by atoms with van der Waals surface area (Å²) in [5.74, 6) is 0.0925. The van der Waals surface area contributed by atoms with E-state index >= 15 is 0 Å². The van der Waals surface area contributed by atoms with E-state index in [1.54, 1.807) is 17.0 Å². The van der Waals surface area contributed by atoms with Gasteiger partial charge in [-0.15, -0.1) is 12.4 Å². The van der Waals surface area contributed by atoms with Gasteiger partial charge in [0.25, 0.3) is 5.91 Å². The smallest absolute Gasteiger partial charge is 0.253 e. The summed E-state index contributed by atoms with van der Waals surface area (Å²) >= 11 is 0. The van der Waals surface area contributed by atoms with E-state index in [-0.39, 0.29) is 40.4 Å². The minimum Gasteiger partial charge on any atom is -0.495 e. The molecule has 2 N–H and O–H groups in total. The van der Waals surface area contributed by atoms with E-state index in [2.05, 4.69) is 0 Å². The maximum Gasteiger partial charge on any atom is 0.253 e. The third-order valence-electron chi connectivity index (χ3n) is 5.69. The molecule has 9 heteroatoms. The molecule has 28 heavy (non-hydrogen) atoms. The van der Waals surface area contributed by atoms with Crippen LogP contribution in [0.5, 0.6) is 5.75 Å². The number of carbonyl (C=O) groups is 1. The van der Waals surface area contributed by atoms with Crippen molar-refractivity contribution >= 4 is 28.3 Å². The number of likely N-dealkylation sites (tertiary alicyclic amines) is 1. The Kier molecular flexibility index (Phi) is 7.02. The van der Waals surface area contributed by atoms with Crippen LogP contribution in [0, 0.1) is 5.41 Å². The van der Waals surface area contributed by atoms with Crippen LogP contribution in [0.25, 0.3) is 0 Å². The lowest BCUT2D eigenvalue weighted by Crippen LogP contribution is -2.54. The molecule has 0 saturated carbocycles. The molecule has 0 bridgehead atoms. The zero-order valence-corrected chi connectivity index (χ0v) is 18.3. The molecule has 2 aliphatic rings. The highest BCUT2D eigenvalue weighted by Gasteiger charge is 2.36. The molecule has 1 atom stereocenters. The fraction of sp³-hybridized carbons (Fsp3) is 0.632. The van der Waals surface area contributed by atoms with Crippen LogP contribution in [-0.4, -0.2) is 62.9 Å². The summed E-state index contributed by atoms with van der Waals surface area (Å²) in [5.41, 5.74) is 6.35. The number of ether oxygens (including phenoxy) is 1. The largest absolute Gasteiger partial charge is 0.495 e. The topological polar surface area (TPSA) is 92.9 Å². The van der Waals surface area contributed by atoms with Gasteiger partial charge >= 0.3 is 0 Å². The van der Waals surface area contributed by atoms with Gasteiger partial charge in [-0.05, 0) is 42.9 Å². The molecule has 0 spiro atoms. The molecule has 2 saturated heterocycles. The number of rotatable bonds is 4. The molecule has 0 aliphatic carbocycles. The van der Waals surface area contributed by atoms with E-state index in [9.17, 15) is 13.2 Å². The van der Waals surface area contributed by atoms with Gasteiger partial charge < -0.3 is 15.4 Å². The molecule has 2 fully saturated rings. The number of hydrogen-bond acceptors (Lipinski definition) is 5. The summed E-state index contributed by atoms with van der Waals surface area (Å²) in [5, 5.41) is 0. The van der Waals surface area contributed by atoms with Gasteiger partial charge in [0.2, 0.25) is 10.0 Å². The summed E-state index contributed by atoms with van der Waals surface area (Å²) in [7, 11) is -2.24. The molecule has 1 aromatic carbocycles. The second kappa shape index (κ2) is 8.57. The number of carbonyl (C=O) groups excluding carboxylic acids is 1. The number of halogens is 1. The van der Waals surface area contributed by atoms with E-state index < -0.39 is 10.0 Å². The molecule has 2 heterocycles. The van der Waals surface area contributed by atoms with Crippen molar-refractivity contribution in [2.45, 2.75) is 44.0 Å². The van der Waals surface area contributed by atoms with Crippen LogP contribution < -0.4 is 10.5 Å². The maximum absolute atomic E-state index is 13.0. The van der Waals surface area contributed by atoms with Crippen LogP contribution in [0.2, 0.25) is 0 Å². The first-order valence-corrected chi connectivity index (χ1v) is 10.8. The fourth-order valence-corrected chi connectivity index (χ4v) is 5.51. The van der Waals surface area contributed by atoms with Gasteiger partial charge in [0.15, 0.2) is 0 Å². The molecule has 0 radical (unpaired) electrons. The molecular formula is C19H30ClN3O4S. The van der Waals surface area contributed by atoms with Gasteiger partial charge in [-0.3, -0.25) is 4.79 Å². The first-order valence-electron chi connectivity index (χ1n) is 9.40. The zero-order valence-electron chi connectivity index (χ0n) is 16.7. The van der Waals surface area contributed by atoms with Gasteiger partial charge in [0.1, 0.15) is 10.6 Å². The summed E-state index contributed by atoms with van der Waals surface area (Å²) in [6, 6.07) is 4.70. The number of amides is 1. The molecule has 0 aromatic heterocycles. The average molecular weight is 432 g/mol. The summed E-state index contributed by atoms with van der Waals surface area (Å²) in [4.78, 5) is 14.9. The number of benzene rings is 1. The third-order valence-corrected chi connectivity index (χ3v) is 7.61. The van der Waals surface area contributed by atoms with Gasteiger partial charge in [-0.1, -0.05) is 13.8 Å². The Balaban J connectivity index is 0.00000280. The Morgan fingerprint density at radius 2 is 1.86 bits per heavy atom. The Hall–Kier alpha value is -1.35. The average Bonchev–Trinajstić information content (AvgIpc) is 3.18. The fourth-order valence-electron chi connectivity index (χ4n) is 3.81. The van der Waals surface area contributed by atoms with Crippen molar-refractivity contribution in [2.75, 3.05) is 33.3 Å². The lowest BCUT2D eigenvalue weighted by molar-refractivity contribution is 0.0532. The maximum atomic E-state index is 13.0. The van der Waals surface area contributed by atoms with Crippen LogP contribution in [0.4, 0.5) is 0 Å². The molecule has 1 amide bonds. The Labute approximate surface area is 173 Å². The summed E-state index contributed by atoms with van der Waals surface area (Å²) in [6.45, 7) is 6.23. The minimum absolute atomic E-state index is 0. The first-order chi connectivity index (χ1) is 12.7. The number of methoxy groups -OCH3 is 1. The second-order valence-electron chi connectivity index (χ2n) is 8.09. The van der Waals surface area contributed by atoms with Crippen molar-refractivity contribution in [3.63, 3.8) is 0 Å². The Morgan fingerprint density at radius 3 is 2.43 bits per heavy atom. The first kappa shape index (κ1) is 22.9. The van der Waals surface area contributed by atoms with E-state index in [1.807, 2.05) is 13.8 Å². The molecule has 1 aromatic rings. The van der Waals surface area contributed by atoms with Crippen molar-refractivity contribution in [2.24, 2.45) is 11.1 Å². The van der Waals surface area contributed by atoms with Gasteiger partial charge in [-0.2, -0.15) is 4.31 Å². The Morgan fingerprint density at radius 1 is 1.21 bits per heavy atom. The lowest BCUT2D eigenvalue weighted by atomic mass is 9.79. The van der Waals surface area contributed by atoms with Gasteiger partial charge in [0, 0.05) is 37.8 Å². The SMILES string of the molecule is COc1ccc(C(=O)N2CCC(N)C(C)(C)C2)cc1S(=O)(=O)N1CCCC1.Cl. The van der Waals surface area contributed by atoms with Crippen molar-refractivity contribution in [3.8, 4) is 5.75 Å². The molecule has 1 unspecified atom stereocenters. The highest BCUT2D eigenvalue weighted by molar-refractivity contribution is 7.89. The van der Waals surface area contributed by atoms with Crippen LogP contribution in [0.3, 0.4) is 0 Å². The van der Waals surface area contributed by atoms with E-state index in [4.69, 9.17) is 10.5 Å². The Bertz CT molecular complexity index is 822. The van der Waals surface area contributed by atoms with Crippen molar-refractivity contribution in [1.82, 2.24) is 9.21 Å². The van der Waals surface area contributed by atoms with Crippen LogP contribution in [-0.2, 0) is 10.0 Å². The quantitative estimate of drug-likeness (QED) is 0.787. The number of hydrogen-bond donors (Lipinski definition) is 1. The van der Waals surface area contributed by atoms with Gasteiger partial charge in [0.05, 0.1) is 7.11 Å². The number of nitrogens with two attached hydrogens (primary N) is 1. The predicted octanol–water partition coefficient (Wildman–Crippen LogP) is 2.10. The van der Waals surface area contributed by atoms with Crippen LogP contribution in [0.15, 0.2) is 23.1 Å². The monoisotopic (exact) mass is 431 g/mol. The van der Waals surface area contributed by atoms with Gasteiger partial charge in [-0.25, -0.2) is 8.42 Å². The molecular weight excluding hydrogens is 402 g/mol. The third kappa shape index (κ3) is 4.30. The normalized spacial score (nSPS) is 22.6. The van der Waals surface area contributed by atoms with E-state index in [0.29, 0.717) is 31.7 Å².